The Kier molecular flexibility index (Phi) is 5.41. The zero-order chi connectivity index (χ0) is 16.9. The fourth-order valence-electron chi connectivity index (χ4n) is 3.16. The van der Waals surface area contributed by atoms with Gasteiger partial charge in [-0.15, -0.1) is 11.3 Å². The maximum Gasteiger partial charge on any atom is 0.265 e. The third-order valence-corrected chi connectivity index (χ3v) is 5.40. The number of benzene rings is 1. The Hall–Kier alpha value is -2.01. The van der Waals surface area contributed by atoms with E-state index in [9.17, 15) is 9.59 Å². The van der Waals surface area contributed by atoms with E-state index < -0.39 is 0 Å². The van der Waals surface area contributed by atoms with Crippen molar-refractivity contribution in [2.24, 2.45) is 5.92 Å². The molecule has 1 aliphatic heterocycles. The van der Waals surface area contributed by atoms with E-state index >= 15 is 0 Å². The number of thiazole rings is 1. The molecule has 0 spiro atoms. The number of ketones is 1. The van der Waals surface area contributed by atoms with E-state index in [0.29, 0.717) is 17.8 Å². The van der Waals surface area contributed by atoms with E-state index in [0.717, 1.165) is 30.8 Å². The lowest BCUT2D eigenvalue weighted by Gasteiger charge is -2.31. The lowest BCUT2D eigenvalue weighted by Crippen LogP contribution is -2.42. The second kappa shape index (κ2) is 7.71. The number of carbonyl (C=O) groups is 2. The topological polar surface area (TPSA) is 50.3 Å². The molecule has 5 heteroatoms. The van der Waals surface area contributed by atoms with E-state index in [1.165, 1.54) is 16.9 Å². The molecule has 0 aliphatic carbocycles. The fourth-order valence-corrected chi connectivity index (χ4v) is 3.90. The van der Waals surface area contributed by atoms with Crippen molar-refractivity contribution in [2.45, 2.75) is 32.6 Å². The summed E-state index contributed by atoms with van der Waals surface area (Å²) in [5.41, 5.74) is 1.19. The summed E-state index contributed by atoms with van der Waals surface area (Å²) >= 11 is 1.42. The molecule has 0 bridgehead atoms. The Bertz CT molecular complexity index is 711. The van der Waals surface area contributed by atoms with Gasteiger partial charge in [-0.1, -0.05) is 30.3 Å². The molecule has 1 fully saturated rings. The first-order valence-electron chi connectivity index (χ1n) is 8.42. The van der Waals surface area contributed by atoms with Crippen LogP contribution in [0.1, 0.15) is 39.5 Å². The fraction of sp³-hybridized carbons (Fsp3) is 0.421. The summed E-state index contributed by atoms with van der Waals surface area (Å²) in [4.78, 5) is 31.7. The molecular formula is C19H22N2O2S. The maximum absolute atomic E-state index is 12.5. The molecule has 1 aliphatic rings. The third-order valence-electron chi connectivity index (χ3n) is 4.50. The second-order valence-corrected chi connectivity index (χ2v) is 7.52. The van der Waals surface area contributed by atoms with Crippen molar-refractivity contribution in [1.29, 1.82) is 0 Å². The van der Waals surface area contributed by atoms with Gasteiger partial charge in [0.2, 0.25) is 0 Å². The third kappa shape index (κ3) is 4.09. The van der Waals surface area contributed by atoms with Crippen LogP contribution in [0.4, 0.5) is 0 Å². The molecule has 0 N–H and O–H groups in total. The standard InChI is InChI=1S/C19H22N2O2S/c1-14-20-12-18(24-14)19(23)21-11-5-8-16(13-21)17(22)10-9-15-6-3-2-4-7-15/h2-4,6-7,12,16H,5,8-11,13H2,1H3/t16-/m0/s1. The van der Waals surface area contributed by atoms with Crippen molar-refractivity contribution >= 4 is 23.0 Å². The molecule has 24 heavy (non-hydrogen) atoms. The first-order valence-corrected chi connectivity index (χ1v) is 9.23. The van der Waals surface area contributed by atoms with Crippen LogP contribution in [0.5, 0.6) is 0 Å². The van der Waals surface area contributed by atoms with Crippen LogP contribution in [0.2, 0.25) is 0 Å². The molecule has 4 nitrogen and oxygen atoms in total. The van der Waals surface area contributed by atoms with Crippen LogP contribution in [0, 0.1) is 12.8 Å². The Morgan fingerprint density at radius 2 is 2.08 bits per heavy atom. The summed E-state index contributed by atoms with van der Waals surface area (Å²) in [6.07, 6.45) is 4.75. The number of carbonyl (C=O) groups excluding carboxylic acids is 2. The van der Waals surface area contributed by atoms with Crippen molar-refractivity contribution in [2.75, 3.05) is 13.1 Å². The lowest BCUT2D eigenvalue weighted by molar-refractivity contribution is -0.124. The van der Waals surface area contributed by atoms with Crippen LogP contribution in [0.15, 0.2) is 36.5 Å². The monoisotopic (exact) mass is 342 g/mol. The van der Waals surface area contributed by atoms with Crippen LogP contribution < -0.4 is 0 Å². The van der Waals surface area contributed by atoms with Crippen molar-refractivity contribution in [3.05, 3.63) is 52.0 Å². The number of aryl methyl sites for hydroxylation is 2. The van der Waals surface area contributed by atoms with Crippen LogP contribution >= 0.6 is 11.3 Å². The van der Waals surface area contributed by atoms with Gasteiger partial charge >= 0.3 is 0 Å². The van der Waals surface area contributed by atoms with Crippen LogP contribution in [-0.2, 0) is 11.2 Å². The van der Waals surface area contributed by atoms with E-state index in [4.69, 9.17) is 0 Å². The minimum atomic E-state index is -0.0274. The highest BCUT2D eigenvalue weighted by molar-refractivity contribution is 7.13. The average molecular weight is 342 g/mol. The average Bonchev–Trinajstić information content (AvgIpc) is 3.06. The minimum absolute atomic E-state index is 0.0150. The first kappa shape index (κ1) is 16.8. The summed E-state index contributed by atoms with van der Waals surface area (Å²) in [6, 6.07) is 10.1. The van der Waals surface area contributed by atoms with Gasteiger partial charge in [-0.3, -0.25) is 9.59 Å². The molecule has 0 saturated carbocycles. The van der Waals surface area contributed by atoms with E-state index in [2.05, 4.69) is 17.1 Å². The molecule has 1 atom stereocenters. The van der Waals surface area contributed by atoms with Gasteiger partial charge in [0.15, 0.2) is 0 Å². The molecule has 0 unspecified atom stereocenters. The van der Waals surface area contributed by atoms with Gasteiger partial charge in [0.25, 0.3) is 5.91 Å². The summed E-state index contributed by atoms with van der Waals surface area (Å²) in [7, 11) is 0. The molecule has 1 saturated heterocycles. The predicted octanol–water partition coefficient (Wildman–Crippen LogP) is 3.51. The Morgan fingerprint density at radius 3 is 2.79 bits per heavy atom. The summed E-state index contributed by atoms with van der Waals surface area (Å²) in [5.74, 6) is 0.262. The molecular weight excluding hydrogens is 320 g/mol. The number of nitrogens with zero attached hydrogens (tertiary/aromatic N) is 2. The van der Waals surface area contributed by atoms with Crippen molar-refractivity contribution in [3.8, 4) is 0 Å². The minimum Gasteiger partial charge on any atom is -0.337 e. The number of likely N-dealkylation sites (tertiary alicyclic amines) is 1. The summed E-state index contributed by atoms with van der Waals surface area (Å²) in [6.45, 7) is 3.18. The second-order valence-electron chi connectivity index (χ2n) is 6.29. The molecule has 0 radical (unpaired) electrons. The molecule has 2 aromatic rings. The number of amides is 1. The normalized spacial score (nSPS) is 17.7. The van der Waals surface area contributed by atoms with E-state index in [1.54, 1.807) is 6.20 Å². The molecule has 1 aromatic heterocycles. The highest BCUT2D eigenvalue weighted by Crippen LogP contribution is 2.23. The first-order chi connectivity index (χ1) is 11.6. The highest BCUT2D eigenvalue weighted by atomic mass is 32.1. The number of Topliss-reactive ketones (excluding diaryl/α,β-unsaturated/α-hetero) is 1. The number of rotatable bonds is 5. The predicted molar refractivity (Wildman–Crippen MR) is 95.2 cm³/mol. The summed E-state index contributed by atoms with van der Waals surface area (Å²) in [5, 5.41) is 0.894. The van der Waals surface area contributed by atoms with Gasteiger partial charge in [0, 0.05) is 25.4 Å². The van der Waals surface area contributed by atoms with Crippen LogP contribution in [0.25, 0.3) is 0 Å². The van der Waals surface area contributed by atoms with Crippen molar-refractivity contribution in [1.82, 2.24) is 9.88 Å². The Balaban J connectivity index is 1.56. The van der Waals surface area contributed by atoms with Crippen LogP contribution in [-0.4, -0.2) is 34.7 Å². The molecule has 1 amide bonds. The number of piperidine rings is 1. The zero-order valence-corrected chi connectivity index (χ0v) is 14.7. The van der Waals surface area contributed by atoms with Gasteiger partial charge in [-0.25, -0.2) is 4.98 Å². The van der Waals surface area contributed by atoms with Crippen molar-refractivity contribution in [3.63, 3.8) is 0 Å². The number of hydrogen-bond acceptors (Lipinski definition) is 4. The van der Waals surface area contributed by atoms with E-state index in [-0.39, 0.29) is 17.6 Å². The number of hydrogen-bond donors (Lipinski definition) is 0. The smallest absolute Gasteiger partial charge is 0.265 e. The quantitative estimate of drug-likeness (QED) is 0.835. The molecule has 3 rings (SSSR count). The van der Waals surface area contributed by atoms with Gasteiger partial charge in [-0.05, 0) is 31.7 Å². The highest BCUT2D eigenvalue weighted by Gasteiger charge is 2.29. The Morgan fingerprint density at radius 1 is 1.29 bits per heavy atom. The molecule has 126 valence electrons. The maximum atomic E-state index is 12.5. The van der Waals surface area contributed by atoms with Gasteiger partial charge in [0.05, 0.1) is 11.2 Å². The largest absolute Gasteiger partial charge is 0.337 e. The summed E-state index contributed by atoms with van der Waals surface area (Å²) < 4.78 is 0. The van der Waals surface area contributed by atoms with Gasteiger partial charge < -0.3 is 4.90 Å². The van der Waals surface area contributed by atoms with Crippen molar-refractivity contribution < 1.29 is 9.59 Å². The van der Waals surface area contributed by atoms with E-state index in [1.807, 2.05) is 30.0 Å². The zero-order valence-electron chi connectivity index (χ0n) is 13.9. The molecule has 2 heterocycles. The van der Waals surface area contributed by atoms with Gasteiger partial charge in [0.1, 0.15) is 10.7 Å². The van der Waals surface area contributed by atoms with Gasteiger partial charge in [-0.2, -0.15) is 0 Å². The van der Waals surface area contributed by atoms with Crippen LogP contribution in [0.3, 0.4) is 0 Å². The Labute approximate surface area is 146 Å². The lowest BCUT2D eigenvalue weighted by atomic mass is 9.90. The molecule has 1 aromatic carbocycles. The SMILES string of the molecule is Cc1ncc(C(=O)N2CCC[C@H](C(=O)CCc3ccccc3)C2)s1. The number of aromatic nitrogens is 1.